The topological polar surface area (TPSA) is 73.5 Å². The molecule has 0 amide bonds. The van der Waals surface area contributed by atoms with E-state index < -0.39 is 0 Å². The number of pyridine rings is 1. The molecule has 1 aromatic carbocycles. The van der Waals surface area contributed by atoms with Gasteiger partial charge in [0.05, 0.1) is 17.2 Å². The fraction of sp³-hybridized carbons (Fsp3) is 0.478. The Morgan fingerprint density at radius 2 is 2.00 bits per heavy atom. The second-order valence-corrected chi connectivity index (χ2v) is 8.37. The molecule has 1 N–H and O–H groups in total. The summed E-state index contributed by atoms with van der Waals surface area (Å²) in [6, 6.07) is 8.11. The normalized spacial score (nSPS) is 15.0. The highest BCUT2D eigenvalue weighted by Crippen LogP contribution is 2.28. The first-order valence-electron chi connectivity index (χ1n) is 10.7. The number of nitrogens with zero attached hydrogens (tertiary/aromatic N) is 4. The van der Waals surface area contributed by atoms with Gasteiger partial charge in [-0.15, -0.1) is 0 Å². The maximum absolute atomic E-state index is 12.9. The Kier molecular flexibility index (Phi) is 6.29. The molecule has 0 saturated carbocycles. The molecule has 1 aliphatic rings. The lowest BCUT2D eigenvalue weighted by atomic mass is 10.1. The van der Waals surface area contributed by atoms with Crippen LogP contribution in [0.4, 0.5) is 11.5 Å². The number of fused-ring (bicyclic) bond motifs is 1. The van der Waals surface area contributed by atoms with Crippen molar-refractivity contribution >= 4 is 22.5 Å². The lowest BCUT2D eigenvalue weighted by Gasteiger charge is -2.23. The molecule has 3 aromatic rings. The number of hydrogen-bond acceptors (Lipinski definition) is 6. The second kappa shape index (κ2) is 9.11. The van der Waals surface area contributed by atoms with Gasteiger partial charge in [0.25, 0.3) is 0 Å². The van der Waals surface area contributed by atoms with Gasteiger partial charge in [0, 0.05) is 44.6 Å². The van der Waals surface area contributed by atoms with Crippen molar-refractivity contribution in [2.75, 3.05) is 45.8 Å². The third kappa shape index (κ3) is 4.60. The van der Waals surface area contributed by atoms with Crippen LogP contribution in [0.15, 0.2) is 35.3 Å². The Hall–Kier alpha value is -2.84. The van der Waals surface area contributed by atoms with Gasteiger partial charge in [0.1, 0.15) is 18.2 Å². The average Bonchev–Trinajstić information content (AvgIpc) is 3.00. The van der Waals surface area contributed by atoms with Gasteiger partial charge >= 0.3 is 5.69 Å². The number of nitrogens with one attached hydrogen (secondary N) is 1. The second-order valence-electron chi connectivity index (χ2n) is 8.37. The first kappa shape index (κ1) is 21.4. The number of benzene rings is 1. The Morgan fingerprint density at radius 1 is 1.23 bits per heavy atom. The van der Waals surface area contributed by atoms with Gasteiger partial charge in [-0.1, -0.05) is 0 Å². The van der Waals surface area contributed by atoms with Gasteiger partial charge < -0.3 is 19.7 Å². The van der Waals surface area contributed by atoms with Crippen molar-refractivity contribution in [3.63, 3.8) is 0 Å². The van der Waals surface area contributed by atoms with Crippen LogP contribution in [-0.2, 0) is 11.8 Å². The van der Waals surface area contributed by atoms with E-state index in [1.165, 1.54) is 0 Å². The summed E-state index contributed by atoms with van der Waals surface area (Å²) in [6.45, 7) is 4.93. The highest BCUT2D eigenvalue weighted by molar-refractivity contribution is 5.79. The number of anilines is 2. The molecular weight excluding hydrogens is 394 g/mol. The van der Waals surface area contributed by atoms with Crippen LogP contribution in [0.1, 0.15) is 24.4 Å². The molecule has 8 nitrogen and oxygen atoms in total. The molecule has 31 heavy (non-hydrogen) atoms. The van der Waals surface area contributed by atoms with Gasteiger partial charge in [0.2, 0.25) is 0 Å². The molecule has 0 aliphatic carbocycles. The Morgan fingerprint density at radius 3 is 2.71 bits per heavy atom. The van der Waals surface area contributed by atoms with E-state index in [0.29, 0.717) is 25.6 Å². The molecule has 0 bridgehead atoms. The Labute approximate surface area is 182 Å². The van der Waals surface area contributed by atoms with Crippen molar-refractivity contribution in [2.45, 2.75) is 25.8 Å². The maximum Gasteiger partial charge on any atom is 0.329 e. The van der Waals surface area contributed by atoms with Crippen LogP contribution < -0.4 is 15.7 Å². The summed E-state index contributed by atoms with van der Waals surface area (Å²) in [7, 11) is 5.86. The molecule has 1 fully saturated rings. The lowest BCUT2D eigenvalue weighted by Crippen LogP contribution is -2.29. The molecule has 0 unspecified atom stereocenters. The van der Waals surface area contributed by atoms with E-state index in [0.717, 1.165) is 47.4 Å². The maximum atomic E-state index is 12.9. The molecule has 8 heteroatoms. The molecule has 0 spiro atoms. The van der Waals surface area contributed by atoms with E-state index in [4.69, 9.17) is 9.47 Å². The van der Waals surface area contributed by atoms with E-state index in [9.17, 15) is 4.79 Å². The van der Waals surface area contributed by atoms with Gasteiger partial charge in [0.15, 0.2) is 0 Å². The van der Waals surface area contributed by atoms with E-state index in [1.807, 2.05) is 49.9 Å². The molecule has 166 valence electrons. The monoisotopic (exact) mass is 425 g/mol. The molecule has 2 aromatic heterocycles. The lowest BCUT2D eigenvalue weighted by molar-refractivity contribution is 0.0696. The first-order valence-corrected chi connectivity index (χ1v) is 10.7. The van der Waals surface area contributed by atoms with Gasteiger partial charge in [-0.05, 0) is 57.6 Å². The van der Waals surface area contributed by atoms with Crippen molar-refractivity contribution in [1.82, 2.24) is 19.0 Å². The quantitative estimate of drug-likeness (QED) is 0.627. The number of aromatic nitrogens is 3. The Balaban J connectivity index is 1.58. The van der Waals surface area contributed by atoms with Crippen molar-refractivity contribution in [1.29, 1.82) is 0 Å². The zero-order valence-electron chi connectivity index (χ0n) is 18.7. The fourth-order valence-electron chi connectivity index (χ4n) is 3.97. The average molecular weight is 426 g/mol. The highest BCUT2D eigenvalue weighted by atomic mass is 16.5. The molecule has 3 heterocycles. The minimum Gasteiger partial charge on any atom is -0.492 e. The van der Waals surface area contributed by atoms with Gasteiger partial charge in [-0.3, -0.25) is 9.13 Å². The zero-order chi connectivity index (χ0) is 22.0. The van der Waals surface area contributed by atoms with Crippen molar-refractivity contribution in [3.8, 4) is 5.75 Å². The fourth-order valence-corrected chi connectivity index (χ4v) is 3.97. The van der Waals surface area contributed by atoms with Crippen molar-refractivity contribution in [2.24, 2.45) is 7.05 Å². The van der Waals surface area contributed by atoms with Gasteiger partial charge in [-0.2, -0.15) is 0 Å². The molecule has 0 atom stereocenters. The number of imidazole rings is 1. The van der Waals surface area contributed by atoms with Crippen LogP contribution in [0.25, 0.3) is 11.0 Å². The predicted octanol–water partition coefficient (Wildman–Crippen LogP) is 3.08. The predicted molar refractivity (Wildman–Crippen MR) is 123 cm³/mol. The largest absolute Gasteiger partial charge is 0.492 e. The minimum absolute atomic E-state index is 0.00347. The summed E-state index contributed by atoms with van der Waals surface area (Å²) >= 11 is 0. The SMILES string of the molecule is Cc1cc(OCCN(C)C)ccc1Nc1cc2c(cn1)n(C)c(=O)n2C1CCOCC1. The van der Waals surface area contributed by atoms with Crippen LogP contribution >= 0.6 is 0 Å². The van der Waals surface area contributed by atoms with E-state index in [-0.39, 0.29) is 11.7 Å². The summed E-state index contributed by atoms with van der Waals surface area (Å²) in [5, 5.41) is 3.40. The van der Waals surface area contributed by atoms with E-state index in [1.54, 1.807) is 17.8 Å². The highest BCUT2D eigenvalue weighted by Gasteiger charge is 2.22. The zero-order valence-corrected chi connectivity index (χ0v) is 18.7. The summed E-state index contributed by atoms with van der Waals surface area (Å²) < 4.78 is 14.9. The Bertz CT molecular complexity index is 1110. The molecule has 4 rings (SSSR count). The van der Waals surface area contributed by atoms with Crippen LogP contribution in [0.2, 0.25) is 0 Å². The third-order valence-electron chi connectivity index (χ3n) is 5.80. The first-order chi connectivity index (χ1) is 14.9. The molecular formula is C23H31N5O3. The smallest absolute Gasteiger partial charge is 0.329 e. The van der Waals surface area contributed by atoms with Crippen molar-refractivity contribution in [3.05, 3.63) is 46.5 Å². The van der Waals surface area contributed by atoms with Crippen LogP contribution in [0.5, 0.6) is 5.75 Å². The van der Waals surface area contributed by atoms with Crippen LogP contribution in [-0.4, -0.2) is 59.5 Å². The molecule has 1 saturated heterocycles. The standard InChI is InChI=1S/C23H31N5O3/c1-16-13-18(31-12-9-26(2)3)5-6-19(16)25-22-14-20-21(15-24-22)27(4)23(29)28(20)17-7-10-30-11-8-17/h5-6,13-15,17H,7-12H2,1-4H3,(H,24,25). The van der Waals surface area contributed by atoms with Crippen LogP contribution in [0.3, 0.4) is 0 Å². The number of hydrogen-bond donors (Lipinski definition) is 1. The third-order valence-corrected chi connectivity index (χ3v) is 5.80. The van der Waals surface area contributed by atoms with Crippen LogP contribution in [0, 0.1) is 6.92 Å². The van der Waals surface area contributed by atoms with E-state index in [2.05, 4.69) is 15.2 Å². The molecule has 0 radical (unpaired) electrons. The van der Waals surface area contributed by atoms with Gasteiger partial charge in [-0.25, -0.2) is 9.78 Å². The summed E-state index contributed by atoms with van der Waals surface area (Å²) in [6.07, 6.45) is 3.46. The van der Waals surface area contributed by atoms with E-state index >= 15 is 0 Å². The minimum atomic E-state index is -0.00347. The van der Waals surface area contributed by atoms with Crippen molar-refractivity contribution < 1.29 is 9.47 Å². The summed E-state index contributed by atoms with van der Waals surface area (Å²) in [5.74, 6) is 1.56. The number of likely N-dealkylation sites (N-methyl/N-ethyl adjacent to an activating group) is 1. The molecule has 1 aliphatic heterocycles. The summed E-state index contributed by atoms with van der Waals surface area (Å²) in [4.78, 5) is 19.5. The number of ether oxygens (including phenoxy) is 2. The number of aryl methyl sites for hydroxylation is 2. The number of rotatable bonds is 7. The summed E-state index contributed by atoms with van der Waals surface area (Å²) in [5.41, 5.74) is 3.76.